The SMILES string of the molecule is Cc1ccc([N+](=O)[O-])c(CS(=O)(=O)[N-]C(c2ccccc2)C([NH-])c2ccccc2)c1.[CH3-].[Cl][Ru+3]. The number of rotatable bonds is 8. The Kier molecular flexibility index (Phi) is 11.8. The number of nitro benzene ring substituents is 1. The van der Waals surface area contributed by atoms with Crippen molar-refractivity contribution in [2.75, 3.05) is 0 Å². The fourth-order valence-electron chi connectivity index (χ4n) is 3.22. The summed E-state index contributed by atoms with van der Waals surface area (Å²) in [5.74, 6) is -0.601. The second-order valence-corrected chi connectivity index (χ2v) is 8.63. The summed E-state index contributed by atoms with van der Waals surface area (Å²) in [6.45, 7) is 1.74. The van der Waals surface area contributed by atoms with E-state index in [2.05, 4.69) is 14.4 Å². The molecule has 0 fully saturated rings. The molecule has 0 bridgehead atoms. The number of halogens is 1. The first-order chi connectivity index (χ1) is 15.3. The van der Waals surface area contributed by atoms with Gasteiger partial charge in [-0.05, 0) is 13.0 Å². The molecule has 0 spiro atoms. The van der Waals surface area contributed by atoms with Gasteiger partial charge in [-0.2, -0.15) is 0 Å². The van der Waals surface area contributed by atoms with Crippen LogP contribution < -0.4 is 0 Å². The Morgan fingerprint density at radius 3 is 2.03 bits per heavy atom. The fraction of sp³-hybridized carbons (Fsp3) is 0.174. The van der Waals surface area contributed by atoms with Crippen LogP contribution in [0.1, 0.15) is 34.3 Å². The third kappa shape index (κ3) is 8.29. The average Bonchev–Trinajstić information content (AvgIpc) is 2.79. The zero-order chi connectivity index (χ0) is 23.7. The van der Waals surface area contributed by atoms with Crippen molar-refractivity contribution in [3.63, 3.8) is 0 Å². The Hall–Kier alpha value is -2.16. The van der Waals surface area contributed by atoms with Gasteiger partial charge in [-0.25, -0.2) is 8.42 Å². The summed E-state index contributed by atoms with van der Waals surface area (Å²) < 4.78 is 29.9. The van der Waals surface area contributed by atoms with E-state index in [1.165, 1.54) is 12.1 Å². The van der Waals surface area contributed by atoms with Gasteiger partial charge in [0.25, 0.3) is 5.69 Å². The molecule has 0 heterocycles. The van der Waals surface area contributed by atoms with Crippen molar-refractivity contribution in [3.05, 3.63) is 129 Å². The van der Waals surface area contributed by atoms with Gasteiger partial charge in [0.2, 0.25) is 0 Å². The van der Waals surface area contributed by atoms with E-state index in [1.807, 2.05) is 23.4 Å². The monoisotopic (exact) mass is 575 g/mol. The molecule has 0 aliphatic carbocycles. The molecule has 2 atom stereocenters. The molecule has 0 amide bonds. The number of hydrogen-bond acceptors (Lipinski definition) is 4. The van der Waals surface area contributed by atoms with E-state index in [4.69, 9.17) is 5.73 Å². The summed E-state index contributed by atoms with van der Waals surface area (Å²) in [7, 11) is 0.462. The number of sulfonamides is 1. The zero-order valence-electron chi connectivity index (χ0n) is 18.0. The fourth-order valence-corrected chi connectivity index (χ4v) is 4.51. The molecule has 10 heteroatoms. The van der Waals surface area contributed by atoms with Gasteiger partial charge in [0.05, 0.1) is 20.7 Å². The van der Waals surface area contributed by atoms with Crippen molar-refractivity contribution in [2.45, 2.75) is 24.8 Å². The van der Waals surface area contributed by atoms with E-state index < -0.39 is 32.8 Å². The molecule has 0 saturated heterocycles. The number of benzene rings is 3. The molecule has 3 aromatic carbocycles. The maximum atomic E-state index is 12.9. The van der Waals surface area contributed by atoms with Crippen LogP contribution in [0.15, 0.2) is 78.9 Å². The number of nitro groups is 1. The topological polar surface area (TPSA) is 115 Å². The van der Waals surface area contributed by atoms with E-state index in [0.717, 1.165) is 0 Å². The first-order valence-corrected chi connectivity index (χ1v) is 13.2. The second kappa shape index (κ2) is 13.5. The van der Waals surface area contributed by atoms with E-state index in [-0.39, 0.29) is 18.7 Å². The van der Waals surface area contributed by atoms with Crippen LogP contribution in [0.2, 0.25) is 0 Å². The Bertz CT molecular complexity index is 1130. The van der Waals surface area contributed by atoms with Crippen LogP contribution in [0.4, 0.5) is 5.69 Å². The Morgan fingerprint density at radius 1 is 1.00 bits per heavy atom. The molecule has 0 aliphatic heterocycles. The van der Waals surface area contributed by atoms with Gasteiger partial charge in [-0.15, -0.1) is 12.1 Å². The molecule has 0 aliphatic rings. The van der Waals surface area contributed by atoms with Gasteiger partial charge < -0.3 is 17.9 Å². The van der Waals surface area contributed by atoms with Crippen molar-refractivity contribution >= 4 is 25.4 Å². The van der Waals surface area contributed by atoms with Gasteiger partial charge in [0, 0.05) is 11.6 Å². The molecule has 3 rings (SSSR count). The Balaban J connectivity index is 0.00000177. The van der Waals surface area contributed by atoms with Crippen LogP contribution in [-0.4, -0.2) is 13.3 Å². The molecule has 0 saturated carbocycles. The van der Waals surface area contributed by atoms with Crippen molar-refractivity contribution < 1.29 is 30.7 Å². The molecule has 1 N–H and O–H groups in total. The van der Waals surface area contributed by atoms with Crippen LogP contribution in [-0.2, 0) is 33.1 Å². The molecule has 7 nitrogen and oxygen atoms in total. The van der Waals surface area contributed by atoms with Gasteiger partial charge >= 0.3 is 27.0 Å². The van der Waals surface area contributed by atoms with Crippen LogP contribution in [0, 0.1) is 24.5 Å². The summed E-state index contributed by atoms with van der Waals surface area (Å²) in [6.07, 6.45) is 0. The predicted molar refractivity (Wildman–Crippen MR) is 129 cm³/mol. The summed E-state index contributed by atoms with van der Waals surface area (Å²) in [6, 6.07) is 20.1. The van der Waals surface area contributed by atoms with Gasteiger partial charge in [0.1, 0.15) is 0 Å². The summed E-state index contributed by atoms with van der Waals surface area (Å²) in [4.78, 5) is 10.7. The first kappa shape index (κ1) is 28.9. The molecule has 3 aromatic rings. The van der Waals surface area contributed by atoms with E-state index in [0.29, 0.717) is 16.7 Å². The third-order valence-corrected chi connectivity index (χ3v) is 5.88. The quantitative estimate of drug-likeness (QED) is 0.128. The minimum absolute atomic E-state index is 0. The van der Waals surface area contributed by atoms with Gasteiger partial charge in [-0.1, -0.05) is 83.4 Å². The van der Waals surface area contributed by atoms with Crippen LogP contribution >= 0.6 is 9.69 Å². The normalized spacial score (nSPS) is 12.5. The second-order valence-electron chi connectivity index (χ2n) is 6.96. The van der Waals surface area contributed by atoms with Crippen molar-refractivity contribution in [3.8, 4) is 0 Å². The van der Waals surface area contributed by atoms with Gasteiger partial charge in [-0.3, -0.25) is 10.1 Å². The van der Waals surface area contributed by atoms with Gasteiger partial charge in [0.15, 0.2) is 0 Å². The van der Waals surface area contributed by atoms with Crippen LogP contribution in [0.5, 0.6) is 0 Å². The minimum atomic E-state index is -4.11. The molecular weight excluding hydrogens is 551 g/mol. The number of nitrogens with zero attached hydrogens (tertiary/aromatic N) is 2. The van der Waals surface area contributed by atoms with E-state index >= 15 is 0 Å². The first-order valence-electron chi connectivity index (χ1n) is 9.40. The average molecular weight is 575 g/mol. The van der Waals surface area contributed by atoms with Crippen molar-refractivity contribution in [1.29, 1.82) is 0 Å². The molecule has 0 aromatic heterocycles. The molecule has 0 radical (unpaired) electrons. The molecule has 33 heavy (non-hydrogen) atoms. The maximum absolute atomic E-state index is 12.9. The van der Waals surface area contributed by atoms with Crippen LogP contribution in [0.25, 0.3) is 10.5 Å². The van der Waals surface area contributed by atoms with Crippen LogP contribution in [0.3, 0.4) is 0 Å². The third-order valence-electron chi connectivity index (χ3n) is 4.66. The summed E-state index contributed by atoms with van der Waals surface area (Å²) in [5.41, 5.74) is 10.4. The zero-order valence-corrected chi connectivity index (χ0v) is 21.3. The number of nitrogens with one attached hydrogen (secondary N) is 1. The summed E-state index contributed by atoms with van der Waals surface area (Å²) in [5, 5.41) is 11.3. The van der Waals surface area contributed by atoms with E-state index in [1.54, 1.807) is 67.6 Å². The predicted octanol–water partition coefficient (Wildman–Crippen LogP) is 6.78. The standard InChI is InChI=1S/C22H21N3O4S.CH3.ClH.Ru/c1-16-12-13-20(25(26)27)19(14-16)15-30(28,29)24-22(18-10-6-3-7-11-18)21(23)17-8-4-2-5-9-17;;;/h2-14,21-23H,15H2,1H3;1H3;1H;/q-2;-1;;+4/p-1. The van der Waals surface area contributed by atoms with Crippen molar-refractivity contribution in [2.24, 2.45) is 0 Å². The molecular formula is C23H24ClN3O4RuS. The van der Waals surface area contributed by atoms with E-state index in [9.17, 15) is 18.5 Å². The molecule has 176 valence electrons. The number of aryl methyl sites for hydroxylation is 1. The molecule has 2 unspecified atom stereocenters. The Morgan fingerprint density at radius 2 is 1.52 bits per heavy atom. The Labute approximate surface area is 209 Å². The summed E-state index contributed by atoms with van der Waals surface area (Å²) >= 11 is 1.82. The number of hydrogen-bond donors (Lipinski definition) is 0. The van der Waals surface area contributed by atoms with Crippen molar-refractivity contribution in [1.82, 2.24) is 0 Å².